The van der Waals surface area contributed by atoms with E-state index in [4.69, 9.17) is 10.00 Å². The minimum atomic E-state index is -0.310. The monoisotopic (exact) mass is 339 g/mol. The summed E-state index contributed by atoms with van der Waals surface area (Å²) in [6.45, 7) is 6.82. The molecule has 0 radical (unpaired) electrons. The zero-order valence-electron chi connectivity index (χ0n) is 15.0. The van der Waals surface area contributed by atoms with Crippen molar-refractivity contribution in [1.82, 2.24) is 10.3 Å². The Bertz CT molecular complexity index is 703. The van der Waals surface area contributed by atoms with E-state index < -0.39 is 0 Å². The molecule has 2 N–H and O–H groups in total. The number of nitriles is 1. The van der Waals surface area contributed by atoms with Crippen molar-refractivity contribution in [2.24, 2.45) is 0 Å². The first kappa shape index (κ1) is 18.9. The van der Waals surface area contributed by atoms with Gasteiger partial charge in [-0.25, -0.2) is 4.98 Å². The lowest BCUT2D eigenvalue weighted by Gasteiger charge is -2.28. The molecule has 25 heavy (non-hydrogen) atoms. The van der Waals surface area contributed by atoms with Crippen LogP contribution in [0.15, 0.2) is 42.6 Å². The number of nitrogens with one attached hydrogen (secondary N) is 1. The van der Waals surface area contributed by atoms with Gasteiger partial charge in [-0.3, -0.25) is 0 Å². The molecule has 132 valence electrons. The Morgan fingerprint density at radius 2 is 1.96 bits per heavy atom. The molecule has 1 aromatic heterocycles. The zero-order valence-corrected chi connectivity index (χ0v) is 15.0. The molecule has 0 aliphatic rings. The summed E-state index contributed by atoms with van der Waals surface area (Å²) in [7, 11) is 0. The Balaban J connectivity index is 1.93. The lowest BCUT2D eigenvalue weighted by molar-refractivity contribution is 0.154. The molecule has 5 nitrogen and oxygen atoms in total. The average molecular weight is 339 g/mol. The Labute approximate surface area is 149 Å². The lowest BCUT2D eigenvalue weighted by Crippen LogP contribution is -2.44. The molecule has 2 rings (SSSR count). The fraction of sp³-hybridized carbons (Fsp3) is 0.400. The number of aromatic nitrogens is 1. The lowest BCUT2D eigenvalue weighted by atomic mass is 9.94. The predicted octanol–water partition coefficient (Wildman–Crippen LogP) is 3.43. The Morgan fingerprint density at radius 3 is 2.52 bits per heavy atom. The van der Waals surface area contributed by atoms with E-state index in [0.717, 1.165) is 12.8 Å². The SMILES string of the molecule is CCC(O)CNC(C)(C)Cc1ccc(Oc2ccc(C#N)cn2)cc1. The van der Waals surface area contributed by atoms with Gasteiger partial charge >= 0.3 is 0 Å². The first-order valence-corrected chi connectivity index (χ1v) is 8.48. The number of aliphatic hydroxyl groups excluding tert-OH is 1. The van der Waals surface area contributed by atoms with Gasteiger partial charge in [0.1, 0.15) is 11.8 Å². The molecule has 0 aliphatic heterocycles. The van der Waals surface area contributed by atoms with E-state index in [9.17, 15) is 5.11 Å². The summed E-state index contributed by atoms with van der Waals surface area (Å²) in [6, 6.07) is 13.3. The topological polar surface area (TPSA) is 78.2 Å². The first-order valence-electron chi connectivity index (χ1n) is 8.48. The minimum Gasteiger partial charge on any atom is -0.439 e. The van der Waals surface area contributed by atoms with Crippen LogP contribution in [0.1, 0.15) is 38.3 Å². The van der Waals surface area contributed by atoms with Crippen LogP contribution in [0, 0.1) is 11.3 Å². The highest BCUT2D eigenvalue weighted by molar-refractivity contribution is 5.33. The maximum absolute atomic E-state index is 9.69. The molecular formula is C20H25N3O2. The van der Waals surface area contributed by atoms with E-state index in [1.807, 2.05) is 37.3 Å². The standard InChI is InChI=1S/C20H25N3O2/c1-4-17(24)14-23-20(2,3)11-15-5-8-18(9-6-15)25-19-10-7-16(12-21)13-22-19/h5-10,13,17,23-24H,4,11,14H2,1-3H3. The maximum atomic E-state index is 9.69. The van der Waals surface area contributed by atoms with Crippen molar-refractivity contribution >= 4 is 0 Å². The molecule has 0 amide bonds. The zero-order chi connectivity index (χ0) is 18.3. The molecule has 0 saturated heterocycles. The molecule has 0 saturated carbocycles. The van der Waals surface area contributed by atoms with Crippen LogP contribution >= 0.6 is 0 Å². The number of benzene rings is 1. The third-order valence-electron chi connectivity index (χ3n) is 3.94. The molecule has 1 unspecified atom stereocenters. The number of hydrogen-bond acceptors (Lipinski definition) is 5. The van der Waals surface area contributed by atoms with Crippen LogP contribution in [-0.4, -0.2) is 28.3 Å². The molecule has 0 spiro atoms. The largest absolute Gasteiger partial charge is 0.439 e. The summed E-state index contributed by atoms with van der Waals surface area (Å²) in [5.74, 6) is 1.16. The van der Waals surface area contributed by atoms with Crippen LogP contribution in [-0.2, 0) is 6.42 Å². The molecule has 2 aromatic rings. The highest BCUT2D eigenvalue weighted by Crippen LogP contribution is 2.21. The van der Waals surface area contributed by atoms with Crippen molar-refractivity contribution in [2.75, 3.05) is 6.54 Å². The first-order chi connectivity index (χ1) is 11.9. The Hall–Kier alpha value is -2.42. The van der Waals surface area contributed by atoms with Gasteiger partial charge < -0.3 is 15.2 Å². The van der Waals surface area contributed by atoms with Crippen molar-refractivity contribution in [1.29, 1.82) is 5.26 Å². The summed E-state index contributed by atoms with van der Waals surface area (Å²) in [4.78, 5) is 4.10. The third-order valence-corrected chi connectivity index (χ3v) is 3.94. The second-order valence-electron chi connectivity index (χ2n) is 6.75. The number of rotatable bonds is 8. The van der Waals surface area contributed by atoms with Gasteiger partial charge in [0.05, 0.1) is 11.7 Å². The van der Waals surface area contributed by atoms with Gasteiger partial charge in [-0.15, -0.1) is 0 Å². The van der Waals surface area contributed by atoms with Crippen LogP contribution in [0.3, 0.4) is 0 Å². The van der Waals surface area contributed by atoms with Gasteiger partial charge in [-0.1, -0.05) is 19.1 Å². The van der Waals surface area contributed by atoms with Crippen LogP contribution in [0.5, 0.6) is 11.6 Å². The van der Waals surface area contributed by atoms with Gasteiger partial charge in [-0.05, 0) is 50.5 Å². The highest BCUT2D eigenvalue weighted by atomic mass is 16.5. The molecule has 1 heterocycles. The second kappa shape index (κ2) is 8.61. The van der Waals surface area contributed by atoms with Crippen molar-refractivity contribution < 1.29 is 9.84 Å². The van der Waals surface area contributed by atoms with E-state index in [0.29, 0.717) is 23.7 Å². The number of pyridine rings is 1. The van der Waals surface area contributed by atoms with Gasteiger partial charge in [0.15, 0.2) is 0 Å². The van der Waals surface area contributed by atoms with Gasteiger partial charge in [0.25, 0.3) is 0 Å². The van der Waals surface area contributed by atoms with E-state index in [2.05, 4.69) is 24.1 Å². The normalized spacial score (nSPS) is 12.4. The summed E-state index contributed by atoms with van der Waals surface area (Å²) >= 11 is 0. The Kier molecular flexibility index (Phi) is 6.51. The van der Waals surface area contributed by atoms with Crippen molar-refractivity contribution in [2.45, 2.75) is 45.3 Å². The second-order valence-corrected chi connectivity index (χ2v) is 6.75. The summed E-state index contributed by atoms with van der Waals surface area (Å²) in [6.07, 6.45) is 2.77. The van der Waals surface area contributed by atoms with Crippen LogP contribution in [0.25, 0.3) is 0 Å². The highest BCUT2D eigenvalue weighted by Gasteiger charge is 2.18. The maximum Gasteiger partial charge on any atom is 0.219 e. The molecule has 5 heteroatoms. The summed E-state index contributed by atoms with van der Waals surface area (Å²) in [5, 5.41) is 21.9. The smallest absolute Gasteiger partial charge is 0.219 e. The quantitative estimate of drug-likeness (QED) is 0.770. The third kappa shape index (κ3) is 6.18. The van der Waals surface area contributed by atoms with Gasteiger partial charge in [0, 0.05) is 24.3 Å². The van der Waals surface area contributed by atoms with Crippen LogP contribution < -0.4 is 10.1 Å². The molecule has 1 atom stereocenters. The van der Waals surface area contributed by atoms with E-state index in [1.165, 1.54) is 11.8 Å². The van der Waals surface area contributed by atoms with Crippen molar-refractivity contribution in [3.05, 3.63) is 53.7 Å². The molecule has 0 bridgehead atoms. The number of β-amino-alcohol motifs (C(OH)–C–C–N with tert-alkyl or cyclic N) is 1. The Morgan fingerprint density at radius 1 is 1.24 bits per heavy atom. The fourth-order valence-corrected chi connectivity index (χ4v) is 2.41. The number of hydrogen-bond donors (Lipinski definition) is 2. The average Bonchev–Trinajstić information content (AvgIpc) is 2.62. The molecule has 0 aliphatic carbocycles. The molecular weight excluding hydrogens is 314 g/mol. The summed E-state index contributed by atoms with van der Waals surface area (Å²) in [5.41, 5.74) is 1.59. The molecule has 1 aromatic carbocycles. The van der Waals surface area contributed by atoms with E-state index in [1.54, 1.807) is 12.1 Å². The number of aliphatic hydroxyl groups is 1. The number of ether oxygens (including phenoxy) is 1. The van der Waals surface area contributed by atoms with E-state index in [-0.39, 0.29) is 11.6 Å². The summed E-state index contributed by atoms with van der Waals surface area (Å²) < 4.78 is 5.69. The van der Waals surface area contributed by atoms with Gasteiger partial charge in [-0.2, -0.15) is 5.26 Å². The van der Waals surface area contributed by atoms with Crippen molar-refractivity contribution in [3.8, 4) is 17.7 Å². The van der Waals surface area contributed by atoms with Crippen LogP contribution in [0.2, 0.25) is 0 Å². The van der Waals surface area contributed by atoms with Crippen LogP contribution in [0.4, 0.5) is 0 Å². The minimum absolute atomic E-state index is 0.104. The predicted molar refractivity (Wildman–Crippen MR) is 97.6 cm³/mol. The number of nitrogens with zero attached hydrogens (tertiary/aromatic N) is 2. The molecule has 0 fully saturated rings. The fourth-order valence-electron chi connectivity index (χ4n) is 2.41. The van der Waals surface area contributed by atoms with Crippen molar-refractivity contribution in [3.63, 3.8) is 0 Å². The van der Waals surface area contributed by atoms with E-state index >= 15 is 0 Å². The van der Waals surface area contributed by atoms with Gasteiger partial charge in [0.2, 0.25) is 5.88 Å².